The van der Waals surface area contributed by atoms with Crippen LogP contribution in [0, 0.1) is 5.82 Å². The summed E-state index contributed by atoms with van der Waals surface area (Å²) in [5.74, 6) is -0.365. The molecule has 3 amide bonds. The molecule has 1 aromatic carbocycles. The van der Waals surface area contributed by atoms with E-state index in [0.717, 1.165) is 19.3 Å². The highest BCUT2D eigenvalue weighted by atomic mass is 19.1. The normalized spacial score (nSPS) is 20.4. The predicted molar refractivity (Wildman–Crippen MR) is 84.8 cm³/mol. The van der Waals surface area contributed by atoms with E-state index in [9.17, 15) is 14.0 Å². The van der Waals surface area contributed by atoms with Crippen molar-refractivity contribution >= 4 is 17.8 Å². The highest BCUT2D eigenvalue weighted by Crippen LogP contribution is 2.22. The summed E-state index contributed by atoms with van der Waals surface area (Å²) < 4.78 is 18.2. The molecule has 0 spiro atoms. The van der Waals surface area contributed by atoms with Crippen LogP contribution in [0.2, 0.25) is 0 Å². The molecule has 0 saturated heterocycles. The molecule has 1 aliphatic rings. The fourth-order valence-corrected chi connectivity index (χ4v) is 2.61. The third-order valence-electron chi connectivity index (χ3n) is 3.66. The summed E-state index contributed by atoms with van der Waals surface area (Å²) in [6.07, 6.45) is 2.30. The molecule has 6 nitrogen and oxygen atoms in total. The lowest BCUT2D eigenvalue weighted by atomic mass is 9.93. The lowest BCUT2D eigenvalue weighted by molar-refractivity contribution is 0.0776. The number of urea groups is 1. The Morgan fingerprint density at radius 3 is 2.70 bits per heavy atom. The molecule has 2 rings (SSSR count). The summed E-state index contributed by atoms with van der Waals surface area (Å²) in [5.41, 5.74) is 0.476. The van der Waals surface area contributed by atoms with Crippen molar-refractivity contribution in [2.24, 2.45) is 0 Å². The van der Waals surface area contributed by atoms with Gasteiger partial charge in [-0.1, -0.05) is 0 Å². The van der Waals surface area contributed by atoms with Crippen LogP contribution >= 0.6 is 0 Å². The third-order valence-corrected chi connectivity index (χ3v) is 3.66. The monoisotopic (exact) mass is 323 g/mol. The number of halogens is 1. The molecule has 1 saturated carbocycles. The number of carbonyl (C=O) groups is 2. The third kappa shape index (κ3) is 5.77. The quantitative estimate of drug-likeness (QED) is 0.797. The first-order valence-corrected chi connectivity index (χ1v) is 7.84. The number of hydrogen-bond acceptors (Lipinski definition) is 3. The lowest BCUT2D eigenvalue weighted by Crippen LogP contribution is -2.45. The van der Waals surface area contributed by atoms with Crippen molar-refractivity contribution in [2.75, 3.05) is 11.9 Å². The number of benzene rings is 1. The molecule has 0 heterocycles. The minimum atomic E-state index is -0.569. The van der Waals surface area contributed by atoms with E-state index in [-0.39, 0.29) is 24.0 Å². The molecule has 126 valence electrons. The molecule has 2 atom stereocenters. The van der Waals surface area contributed by atoms with Gasteiger partial charge in [-0.25, -0.2) is 14.0 Å². The Morgan fingerprint density at radius 1 is 1.26 bits per heavy atom. The highest BCUT2D eigenvalue weighted by molar-refractivity contribution is 5.84. The van der Waals surface area contributed by atoms with Gasteiger partial charge in [0.05, 0.1) is 0 Å². The van der Waals surface area contributed by atoms with Gasteiger partial charge >= 0.3 is 12.1 Å². The standard InChI is InChI=1S/C16H22FN3O3/c1-2-18-15(21)19-13-4-3-5-14(10-13)23-16(22)20-12-8-6-11(17)7-9-12/h6-9,13-14H,2-5,10H2,1H3,(H,20,22)(H2,18,19,21)/t13-,14+/m1/s1. The van der Waals surface area contributed by atoms with Gasteiger partial charge < -0.3 is 15.4 Å². The Labute approximate surface area is 134 Å². The van der Waals surface area contributed by atoms with Crippen LogP contribution in [0.3, 0.4) is 0 Å². The molecule has 1 aromatic rings. The fraction of sp³-hybridized carbons (Fsp3) is 0.500. The zero-order valence-electron chi connectivity index (χ0n) is 13.1. The van der Waals surface area contributed by atoms with Crippen LogP contribution in [0.4, 0.5) is 19.7 Å². The number of hydrogen-bond donors (Lipinski definition) is 3. The first kappa shape index (κ1) is 17.1. The van der Waals surface area contributed by atoms with Gasteiger partial charge in [-0.15, -0.1) is 0 Å². The molecule has 1 fully saturated rings. The van der Waals surface area contributed by atoms with Gasteiger partial charge in [0.1, 0.15) is 11.9 Å². The molecule has 3 N–H and O–H groups in total. The number of rotatable bonds is 4. The van der Waals surface area contributed by atoms with Crippen LogP contribution in [0.5, 0.6) is 0 Å². The second-order valence-corrected chi connectivity index (χ2v) is 5.53. The van der Waals surface area contributed by atoms with Gasteiger partial charge in [-0.05, 0) is 50.5 Å². The number of nitrogens with one attached hydrogen (secondary N) is 3. The molecule has 7 heteroatoms. The van der Waals surface area contributed by atoms with Crippen LogP contribution in [0.1, 0.15) is 32.6 Å². The van der Waals surface area contributed by atoms with Gasteiger partial charge in [0.2, 0.25) is 0 Å². The molecule has 1 aliphatic carbocycles. The van der Waals surface area contributed by atoms with Crippen molar-refractivity contribution in [3.8, 4) is 0 Å². The Bertz CT molecular complexity index is 536. The molecule has 0 radical (unpaired) electrons. The summed E-state index contributed by atoms with van der Waals surface area (Å²) in [7, 11) is 0. The second-order valence-electron chi connectivity index (χ2n) is 5.53. The van der Waals surface area contributed by atoms with E-state index in [1.807, 2.05) is 6.92 Å². The number of amides is 3. The van der Waals surface area contributed by atoms with Gasteiger partial charge in [0, 0.05) is 24.7 Å². The largest absolute Gasteiger partial charge is 0.446 e. The van der Waals surface area contributed by atoms with E-state index in [1.165, 1.54) is 24.3 Å². The molecular weight excluding hydrogens is 301 g/mol. The maximum absolute atomic E-state index is 12.8. The fourth-order valence-electron chi connectivity index (χ4n) is 2.61. The number of carbonyl (C=O) groups excluding carboxylic acids is 2. The van der Waals surface area contributed by atoms with Crippen LogP contribution < -0.4 is 16.0 Å². The van der Waals surface area contributed by atoms with E-state index in [1.54, 1.807) is 0 Å². The average molecular weight is 323 g/mol. The minimum Gasteiger partial charge on any atom is -0.446 e. The summed E-state index contributed by atoms with van der Waals surface area (Å²) in [6, 6.07) is 5.27. The van der Waals surface area contributed by atoms with E-state index in [2.05, 4.69) is 16.0 Å². The van der Waals surface area contributed by atoms with Crippen molar-refractivity contribution in [3.63, 3.8) is 0 Å². The zero-order chi connectivity index (χ0) is 16.7. The summed E-state index contributed by atoms with van der Waals surface area (Å²) in [4.78, 5) is 23.4. The SMILES string of the molecule is CCNC(=O)N[C@@H]1CCC[C@H](OC(=O)Nc2ccc(F)cc2)C1. The average Bonchev–Trinajstić information content (AvgIpc) is 2.50. The molecule has 0 bridgehead atoms. The van der Waals surface area contributed by atoms with E-state index < -0.39 is 6.09 Å². The first-order valence-electron chi connectivity index (χ1n) is 7.84. The lowest BCUT2D eigenvalue weighted by Gasteiger charge is -2.29. The van der Waals surface area contributed by atoms with Crippen LogP contribution in [-0.2, 0) is 4.74 Å². The smallest absolute Gasteiger partial charge is 0.411 e. The Hall–Kier alpha value is -2.31. The van der Waals surface area contributed by atoms with Crippen LogP contribution in [0.15, 0.2) is 24.3 Å². The summed E-state index contributed by atoms with van der Waals surface area (Å²) >= 11 is 0. The minimum absolute atomic E-state index is 0.000999. The topological polar surface area (TPSA) is 79.5 Å². The molecule has 0 unspecified atom stereocenters. The van der Waals surface area contributed by atoms with Crippen molar-refractivity contribution in [1.82, 2.24) is 10.6 Å². The molecular formula is C16H22FN3O3. The van der Waals surface area contributed by atoms with Gasteiger partial charge in [0.25, 0.3) is 0 Å². The number of anilines is 1. The van der Waals surface area contributed by atoms with Crippen molar-refractivity contribution in [3.05, 3.63) is 30.1 Å². The zero-order valence-corrected chi connectivity index (χ0v) is 13.1. The first-order chi connectivity index (χ1) is 11.1. The number of ether oxygens (including phenoxy) is 1. The van der Waals surface area contributed by atoms with Crippen molar-refractivity contribution in [2.45, 2.75) is 44.8 Å². The Morgan fingerprint density at radius 2 is 2.00 bits per heavy atom. The second kappa shape index (κ2) is 8.36. The maximum Gasteiger partial charge on any atom is 0.411 e. The Balaban J connectivity index is 1.78. The molecule has 23 heavy (non-hydrogen) atoms. The van der Waals surface area contributed by atoms with Gasteiger partial charge in [0.15, 0.2) is 0 Å². The summed E-state index contributed by atoms with van der Waals surface area (Å²) in [6.45, 7) is 2.42. The van der Waals surface area contributed by atoms with Crippen LogP contribution in [0.25, 0.3) is 0 Å². The van der Waals surface area contributed by atoms with Gasteiger partial charge in [-0.2, -0.15) is 0 Å². The van der Waals surface area contributed by atoms with Crippen molar-refractivity contribution in [1.29, 1.82) is 0 Å². The Kier molecular flexibility index (Phi) is 6.19. The van der Waals surface area contributed by atoms with Crippen LogP contribution in [-0.4, -0.2) is 30.8 Å². The van der Waals surface area contributed by atoms with Gasteiger partial charge in [-0.3, -0.25) is 5.32 Å². The van der Waals surface area contributed by atoms with E-state index in [4.69, 9.17) is 4.74 Å². The van der Waals surface area contributed by atoms with Crippen molar-refractivity contribution < 1.29 is 18.7 Å². The highest BCUT2D eigenvalue weighted by Gasteiger charge is 2.25. The molecule has 0 aromatic heterocycles. The van der Waals surface area contributed by atoms with E-state index >= 15 is 0 Å². The maximum atomic E-state index is 12.8. The van der Waals surface area contributed by atoms with E-state index in [0.29, 0.717) is 18.7 Å². The summed E-state index contributed by atoms with van der Waals surface area (Å²) in [5, 5.41) is 8.13. The molecule has 0 aliphatic heterocycles. The predicted octanol–water partition coefficient (Wildman–Crippen LogP) is 3.00.